The van der Waals surface area contributed by atoms with E-state index in [1.807, 2.05) is 43.3 Å². The Hall–Kier alpha value is -2.51. The summed E-state index contributed by atoms with van der Waals surface area (Å²) >= 11 is -1.23. The van der Waals surface area contributed by atoms with E-state index < -0.39 is 17.0 Å². The average molecular weight is 445 g/mol. The van der Waals surface area contributed by atoms with Gasteiger partial charge in [0.1, 0.15) is 12.0 Å². The van der Waals surface area contributed by atoms with Crippen molar-refractivity contribution >= 4 is 34.5 Å². The summed E-state index contributed by atoms with van der Waals surface area (Å²) in [5.41, 5.74) is 2.60. The Balaban J connectivity index is 2.12. The largest absolute Gasteiger partial charge is 0.611 e. The number of nitrogens with zero attached hydrogens (tertiary/aromatic N) is 2. The molecule has 2 aromatic carbocycles. The summed E-state index contributed by atoms with van der Waals surface area (Å²) in [6.45, 7) is 2.94. The van der Waals surface area contributed by atoms with Crippen molar-refractivity contribution in [2.45, 2.75) is 31.1 Å². The maximum absolute atomic E-state index is 13.4. The molecule has 0 aliphatic carbocycles. The molecule has 5 nitrogen and oxygen atoms in total. The highest BCUT2D eigenvalue weighted by atomic mass is 32.2. The zero-order valence-electron chi connectivity index (χ0n) is 18.2. The molecule has 2 unspecified atom stereocenters. The third kappa shape index (κ3) is 5.60. The van der Waals surface area contributed by atoms with Gasteiger partial charge in [-0.25, -0.2) is 0 Å². The lowest BCUT2D eigenvalue weighted by molar-refractivity contribution is -0.106. The second-order valence-corrected chi connectivity index (χ2v) is 9.35. The predicted octanol–water partition coefficient (Wildman–Crippen LogP) is 5.21. The molecular formula is C24H29FN2O3S. The third-order valence-electron chi connectivity index (χ3n) is 5.33. The molecule has 0 bridgehead atoms. The lowest BCUT2D eigenvalue weighted by Gasteiger charge is -2.28. The highest BCUT2D eigenvalue weighted by molar-refractivity contribution is 7.91. The molecule has 0 N–H and O–H groups in total. The molecule has 3 rings (SSSR count). The SMILES string of the molecule is CCCCC1CN(c2ccccc2)c2cc(N(C)C)c(O/C=C(\F)C=O)cc2[S+]([O-])C1. The molecule has 31 heavy (non-hydrogen) atoms. The summed E-state index contributed by atoms with van der Waals surface area (Å²) in [6.07, 6.45) is 4.07. The van der Waals surface area contributed by atoms with Gasteiger partial charge in [0.2, 0.25) is 0 Å². The summed E-state index contributed by atoms with van der Waals surface area (Å²) in [5, 5.41) is 0. The van der Waals surface area contributed by atoms with E-state index in [2.05, 4.69) is 24.0 Å². The van der Waals surface area contributed by atoms with Gasteiger partial charge in [0.25, 0.3) is 0 Å². The third-order valence-corrected chi connectivity index (χ3v) is 6.92. The summed E-state index contributed by atoms with van der Waals surface area (Å²) in [6, 6.07) is 13.7. The molecule has 2 aromatic rings. The molecule has 0 spiro atoms. The van der Waals surface area contributed by atoms with Crippen molar-refractivity contribution in [2.24, 2.45) is 5.92 Å². The molecule has 1 aliphatic heterocycles. The van der Waals surface area contributed by atoms with Crippen molar-refractivity contribution in [3.05, 3.63) is 54.6 Å². The number of carbonyl (C=O) groups is 1. The number of hydrogen-bond donors (Lipinski definition) is 0. The second kappa shape index (κ2) is 10.7. The van der Waals surface area contributed by atoms with Crippen LogP contribution in [0, 0.1) is 5.92 Å². The standard InChI is InChI=1S/C24H29FN2O3S/c1-4-5-9-18-14-27(20-10-7-6-8-11-20)22-12-21(26(2)3)23(30-16-19(25)15-28)13-24(22)31(29)17-18/h6-8,10-13,15-16,18H,4-5,9,14,17H2,1-3H3/b19-16-. The second-order valence-electron chi connectivity index (χ2n) is 7.89. The normalized spacial score (nSPS) is 18.9. The van der Waals surface area contributed by atoms with Crippen LogP contribution < -0.4 is 14.5 Å². The van der Waals surface area contributed by atoms with Gasteiger partial charge in [-0.2, -0.15) is 4.39 Å². The van der Waals surface area contributed by atoms with Crippen LogP contribution in [0.2, 0.25) is 0 Å². The van der Waals surface area contributed by atoms with Gasteiger partial charge in [-0.1, -0.05) is 38.0 Å². The number of unbranched alkanes of at least 4 members (excludes halogenated alkanes) is 1. The fourth-order valence-electron chi connectivity index (χ4n) is 3.76. The van der Waals surface area contributed by atoms with E-state index in [0.29, 0.717) is 22.1 Å². The quantitative estimate of drug-likeness (QED) is 0.242. The van der Waals surface area contributed by atoms with Crippen LogP contribution in [0.1, 0.15) is 26.2 Å². The molecule has 0 saturated heterocycles. The molecule has 1 aliphatic rings. The maximum atomic E-state index is 13.4. The van der Waals surface area contributed by atoms with Crippen molar-refractivity contribution in [3.63, 3.8) is 0 Å². The topological polar surface area (TPSA) is 55.8 Å². The zero-order chi connectivity index (χ0) is 22.4. The highest BCUT2D eigenvalue weighted by Crippen LogP contribution is 2.43. The number of fused-ring (bicyclic) bond motifs is 1. The first-order valence-corrected chi connectivity index (χ1v) is 11.8. The van der Waals surface area contributed by atoms with Gasteiger partial charge in [0, 0.05) is 38.3 Å². The van der Waals surface area contributed by atoms with Gasteiger partial charge < -0.3 is 19.1 Å². The van der Waals surface area contributed by atoms with E-state index in [1.54, 1.807) is 6.07 Å². The Morgan fingerprint density at radius 3 is 2.71 bits per heavy atom. The van der Waals surface area contributed by atoms with Crippen molar-refractivity contribution in [1.29, 1.82) is 0 Å². The van der Waals surface area contributed by atoms with Crippen molar-refractivity contribution in [1.82, 2.24) is 0 Å². The van der Waals surface area contributed by atoms with Crippen molar-refractivity contribution in [2.75, 3.05) is 36.2 Å². The minimum atomic E-state index is -1.23. The summed E-state index contributed by atoms with van der Waals surface area (Å²) in [4.78, 5) is 15.3. The fourth-order valence-corrected chi connectivity index (χ4v) is 5.28. The molecule has 0 fully saturated rings. The summed E-state index contributed by atoms with van der Waals surface area (Å²) in [7, 11) is 3.72. The minimum Gasteiger partial charge on any atom is -0.611 e. The smallest absolute Gasteiger partial charge is 0.197 e. The molecule has 1 heterocycles. The van der Waals surface area contributed by atoms with Gasteiger partial charge in [0.15, 0.2) is 22.8 Å². The van der Waals surface area contributed by atoms with Crippen LogP contribution in [-0.4, -0.2) is 37.2 Å². The molecule has 166 valence electrons. The molecule has 2 atom stereocenters. The summed E-state index contributed by atoms with van der Waals surface area (Å²) < 4.78 is 32.2. The van der Waals surface area contributed by atoms with Crippen LogP contribution in [0.3, 0.4) is 0 Å². The Morgan fingerprint density at radius 1 is 1.32 bits per heavy atom. The first-order valence-electron chi connectivity index (χ1n) is 10.5. The number of benzene rings is 2. The number of para-hydroxylation sites is 1. The molecular weight excluding hydrogens is 415 g/mol. The lowest BCUT2D eigenvalue weighted by Crippen LogP contribution is -2.26. The van der Waals surface area contributed by atoms with E-state index >= 15 is 0 Å². The van der Waals surface area contributed by atoms with Crippen LogP contribution in [0.25, 0.3) is 0 Å². The molecule has 0 saturated carbocycles. The number of hydrogen-bond acceptors (Lipinski definition) is 5. The maximum Gasteiger partial charge on any atom is 0.197 e. The van der Waals surface area contributed by atoms with Crippen molar-refractivity contribution in [3.8, 4) is 5.75 Å². The Labute approximate surface area is 186 Å². The number of rotatable bonds is 8. The molecule has 0 radical (unpaired) electrons. The molecule has 7 heteroatoms. The van der Waals surface area contributed by atoms with Gasteiger partial charge >= 0.3 is 0 Å². The van der Waals surface area contributed by atoms with Gasteiger partial charge in [0.05, 0.1) is 11.4 Å². The lowest BCUT2D eigenvalue weighted by atomic mass is 10.0. The van der Waals surface area contributed by atoms with E-state index in [1.165, 1.54) is 0 Å². The minimum absolute atomic E-state index is 0.0897. The van der Waals surface area contributed by atoms with Crippen LogP contribution in [0.15, 0.2) is 59.4 Å². The van der Waals surface area contributed by atoms with Crippen LogP contribution >= 0.6 is 0 Å². The number of carbonyl (C=O) groups excluding carboxylic acids is 1. The molecule has 0 amide bonds. The Kier molecular flexibility index (Phi) is 7.98. The number of allylic oxidation sites excluding steroid dienone is 1. The first-order chi connectivity index (χ1) is 14.9. The number of anilines is 3. The number of ether oxygens (including phenoxy) is 1. The van der Waals surface area contributed by atoms with Gasteiger partial charge in [-0.05, 0) is 35.8 Å². The fraction of sp³-hybridized carbons (Fsp3) is 0.375. The van der Waals surface area contributed by atoms with Gasteiger partial charge in [-0.3, -0.25) is 4.79 Å². The predicted molar refractivity (Wildman–Crippen MR) is 124 cm³/mol. The van der Waals surface area contributed by atoms with Crippen molar-refractivity contribution < 1.29 is 18.5 Å². The van der Waals surface area contributed by atoms with E-state index in [4.69, 9.17) is 4.74 Å². The Morgan fingerprint density at radius 2 is 2.06 bits per heavy atom. The Bertz CT molecular complexity index is 921. The summed E-state index contributed by atoms with van der Waals surface area (Å²) in [5.74, 6) is 0.198. The average Bonchev–Trinajstić information content (AvgIpc) is 2.91. The number of halogens is 1. The first kappa shape index (κ1) is 23.2. The number of aldehydes is 1. The molecule has 0 aromatic heterocycles. The van der Waals surface area contributed by atoms with Crippen LogP contribution in [0.4, 0.5) is 21.5 Å². The highest BCUT2D eigenvalue weighted by Gasteiger charge is 2.33. The van der Waals surface area contributed by atoms with E-state index in [-0.39, 0.29) is 12.2 Å². The van der Waals surface area contributed by atoms with Crippen LogP contribution in [-0.2, 0) is 16.0 Å². The van der Waals surface area contributed by atoms with Crippen LogP contribution in [0.5, 0.6) is 5.75 Å². The van der Waals surface area contributed by atoms with Gasteiger partial charge in [-0.15, -0.1) is 0 Å². The monoisotopic (exact) mass is 444 g/mol. The zero-order valence-corrected chi connectivity index (χ0v) is 19.0. The van der Waals surface area contributed by atoms with E-state index in [9.17, 15) is 13.7 Å². The van der Waals surface area contributed by atoms with E-state index in [0.717, 1.165) is 43.4 Å².